The van der Waals surface area contributed by atoms with Crippen LogP contribution in [0.15, 0.2) is 61.1 Å². The Hall–Kier alpha value is -4.63. The van der Waals surface area contributed by atoms with Gasteiger partial charge in [-0.05, 0) is 37.7 Å². The van der Waals surface area contributed by atoms with Gasteiger partial charge in [-0.1, -0.05) is 36.7 Å². The minimum absolute atomic E-state index is 0.0493. The third-order valence-corrected chi connectivity index (χ3v) is 9.41. The molecule has 0 unspecified atom stereocenters. The molecule has 0 spiro atoms. The first-order chi connectivity index (χ1) is 23.4. The Bertz CT molecular complexity index is 2220. The number of hydrogen-bond acceptors (Lipinski definition) is 11. The van der Waals surface area contributed by atoms with Crippen LogP contribution in [0, 0.1) is 0 Å². The molecule has 0 aliphatic carbocycles. The number of nitrogens with one attached hydrogen (secondary N) is 2. The molecule has 1 saturated heterocycles. The van der Waals surface area contributed by atoms with E-state index < -0.39 is 10.1 Å². The lowest BCUT2D eigenvalue weighted by molar-refractivity contribution is -0.112. The lowest BCUT2D eigenvalue weighted by Gasteiger charge is -2.35. The summed E-state index contributed by atoms with van der Waals surface area (Å²) in [4.78, 5) is 26.6. The van der Waals surface area contributed by atoms with Crippen molar-refractivity contribution in [3.8, 4) is 22.6 Å². The van der Waals surface area contributed by atoms with Crippen LogP contribution in [-0.2, 0) is 14.9 Å². The molecule has 3 aromatic heterocycles. The molecule has 2 N–H and O–H groups in total. The number of pyridine rings is 2. The third-order valence-electron chi connectivity index (χ3n) is 8.18. The average molecular weight is 726 g/mol. The zero-order chi connectivity index (χ0) is 35.0. The van der Waals surface area contributed by atoms with Gasteiger partial charge in [-0.15, -0.1) is 0 Å². The molecule has 5 aromatic rings. The van der Waals surface area contributed by atoms with Crippen molar-refractivity contribution in [1.82, 2.24) is 24.5 Å². The van der Waals surface area contributed by atoms with Gasteiger partial charge >= 0.3 is 10.1 Å². The molecule has 0 saturated carbocycles. The maximum atomic E-state index is 12.7. The number of carbonyl (C=O) groups is 1. The molecule has 1 aliphatic rings. The molecule has 256 valence electrons. The molecule has 0 bridgehead atoms. The first kappa shape index (κ1) is 34.2. The van der Waals surface area contributed by atoms with Crippen LogP contribution in [0.3, 0.4) is 0 Å². The van der Waals surface area contributed by atoms with Crippen molar-refractivity contribution in [3.63, 3.8) is 0 Å². The van der Waals surface area contributed by atoms with Gasteiger partial charge in [-0.3, -0.25) is 4.79 Å². The fourth-order valence-corrected chi connectivity index (χ4v) is 6.82. The lowest BCUT2D eigenvalue weighted by atomic mass is 10.0. The van der Waals surface area contributed by atoms with E-state index in [1.54, 1.807) is 29.8 Å². The molecule has 0 atom stereocenters. The van der Waals surface area contributed by atoms with Gasteiger partial charge in [0.05, 0.1) is 40.3 Å². The molecule has 4 heterocycles. The number of carbonyl (C=O) groups excluding carboxylic acids is 1. The summed E-state index contributed by atoms with van der Waals surface area (Å²) in [6.07, 6.45) is 3.94. The molecule has 16 heteroatoms. The molecule has 0 radical (unpaired) electrons. The number of amides is 1. The maximum Gasteiger partial charge on any atom is 0.306 e. The summed E-state index contributed by atoms with van der Waals surface area (Å²) < 4.78 is 36.1. The fraction of sp³-hybridized carbons (Fsp3) is 0.273. The molecule has 13 nitrogen and oxygen atoms in total. The van der Waals surface area contributed by atoms with Gasteiger partial charge in [0.15, 0.2) is 11.4 Å². The number of halogens is 2. The highest BCUT2D eigenvalue weighted by Crippen LogP contribution is 2.48. The molecule has 1 aliphatic heterocycles. The molecular weight excluding hydrogens is 691 g/mol. The van der Waals surface area contributed by atoms with Gasteiger partial charge in [0, 0.05) is 72.3 Å². The van der Waals surface area contributed by atoms with Crippen LogP contribution in [-0.4, -0.2) is 84.9 Å². The normalized spacial score (nSPS) is 13.9. The second-order valence-electron chi connectivity index (χ2n) is 11.6. The van der Waals surface area contributed by atoms with Crippen molar-refractivity contribution in [2.24, 2.45) is 0 Å². The minimum Gasteiger partial charge on any atom is -0.495 e. The number of piperazine rings is 1. The van der Waals surface area contributed by atoms with Gasteiger partial charge in [0.25, 0.3) is 5.91 Å². The van der Waals surface area contributed by atoms with Crippen molar-refractivity contribution in [1.29, 1.82) is 0 Å². The number of hydrogen-bond donors (Lipinski definition) is 2. The summed E-state index contributed by atoms with van der Waals surface area (Å²) in [6, 6.07) is 10.8. The molecular formula is C33H34Cl2N8O5S. The summed E-state index contributed by atoms with van der Waals surface area (Å²) in [6.45, 7) is 12.3. The third kappa shape index (κ3) is 7.08. The largest absolute Gasteiger partial charge is 0.495 e. The monoisotopic (exact) mass is 724 g/mol. The highest BCUT2D eigenvalue weighted by Gasteiger charge is 2.25. The Labute approximate surface area is 293 Å². The number of ether oxygens (including phenoxy) is 1. The molecule has 1 amide bonds. The van der Waals surface area contributed by atoms with E-state index in [2.05, 4.69) is 49.0 Å². The topological polar surface area (TPSA) is 143 Å². The van der Waals surface area contributed by atoms with Crippen molar-refractivity contribution in [2.75, 3.05) is 61.6 Å². The van der Waals surface area contributed by atoms with Crippen molar-refractivity contribution in [2.45, 2.75) is 13.8 Å². The quantitative estimate of drug-likeness (QED) is 0.129. The maximum absolute atomic E-state index is 12.7. The van der Waals surface area contributed by atoms with Crippen LogP contribution in [0.1, 0.15) is 13.8 Å². The van der Waals surface area contributed by atoms with Gasteiger partial charge in [-0.25, -0.2) is 14.5 Å². The number of methoxy groups -OCH3 is 1. The number of benzene rings is 2. The van der Waals surface area contributed by atoms with Gasteiger partial charge in [0.2, 0.25) is 0 Å². The van der Waals surface area contributed by atoms with E-state index in [0.29, 0.717) is 44.9 Å². The molecule has 1 fully saturated rings. The SMILES string of the molecule is C=C(C)C(=O)Nc1cc(N2CCN(CC)CC2)ccc1Nc1cc2c(cn1)cc(-c1c(Cl)c(OC)cc(OS(C)(=O)=O)c1Cl)c1ncnn12. The summed E-state index contributed by atoms with van der Waals surface area (Å²) in [7, 11) is -2.53. The van der Waals surface area contributed by atoms with E-state index in [1.807, 2.05) is 18.2 Å². The second-order valence-corrected chi connectivity index (χ2v) is 13.9. The van der Waals surface area contributed by atoms with E-state index in [4.69, 9.17) is 32.1 Å². The minimum atomic E-state index is -3.92. The van der Waals surface area contributed by atoms with Crippen molar-refractivity contribution in [3.05, 3.63) is 71.1 Å². The van der Waals surface area contributed by atoms with Crippen molar-refractivity contribution < 1.29 is 22.1 Å². The highest BCUT2D eigenvalue weighted by molar-refractivity contribution is 7.86. The van der Waals surface area contributed by atoms with Gasteiger partial charge < -0.3 is 29.4 Å². The standard InChI is InChI=1S/C33H34Cl2N8O5S/c1-6-41-9-11-42(12-10-41)21-7-8-23(24(14-21)40-33(44)19(2)3)39-28-15-25-20(17-36-28)13-22(32-37-18-38-43(25)32)29-30(34)26(47-4)16-27(31(29)35)48-49(5,45)46/h7-8,13-18H,2,6,9-12H2,1,3-5H3,(H,36,39)(H,40,44). The highest BCUT2D eigenvalue weighted by atomic mass is 35.5. The zero-order valence-corrected chi connectivity index (χ0v) is 29.6. The number of anilines is 4. The Morgan fingerprint density at radius 3 is 2.43 bits per heavy atom. The Kier molecular flexibility index (Phi) is 9.58. The van der Waals surface area contributed by atoms with Crippen molar-refractivity contribution >= 4 is 78.7 Å². The van der Waals surface area contributed by atoms with Crippen LogP contribution >= 0.6 is 23.2 Å². The Morgan fingerprint density at radius 2 is 1.76 bits per heavy atom. The number of likely N-dealkylation sites (N-methyl/N-ethyl adjacent to an activating group) is 1. The Balaban J connectivity index is 1.40. The number of aromatic nitrogens is 4. The molecule has 49 heavy (non-hydrogen) atoms. The molecule has 2 aromatic carbocycles. The van der Waals surface area contributed by atoms with Crippen LogP contribution in [0.25, 0.3) is 27.7 Å². The fourth-order valence-electron chi connectivity index (χ4n) is 5.65. The predicted molar refractivity (Wildman–Crippen MR) is 193 cm³/mol. The van der Waals surface area contributed by atoms with E-state index >= 15 is 0 Å². The van der Waals surface area contributed by atoms with Crippen LogP contribution < -0.4 is 24.5 Å². The van der Waals surface area contributed by atoms with Crippen LogP contribution in [0.4, 0.5) is 22.9 Å². The van der Waals surface area contributed by atoms with Gasteiger partial charge in [-0.2, -0.15) is 13.5 Å². The van der Waals surface area contributed by atoms with E-state index in [0.717, 1.165) is 44.7 Å². The summed E-state index contributed by atoms with van der Waals surface area (Å²) in [5.41, 5.74) is 4.33. The lowest BCUT2D eigenvalue weighted by Crippen LogP contribution is -2.46. The Morgan fingerprint density at radius 1 is 1.02 bits per heavy atom. The second kappa shape index (κ2) is 13.7. The van der Waals surface area contributed by atoms with E-state index in [1.165, 1.54) is 19.5 Å². The van der Waals surface area contributed by atoms with E-state index in [9.17, 15) is 13.2 Å². The summed E-state index contributed by atoms with van der Waals surface area (Å²) in [5.74, 6) is 0.186. The van der Waals surface area contributed by atoms with Crippen LogP contribution in [0.5, 0.6) is 11.5 Å². The predicted octanol–water partition coefficient (Wildman–Crippen LogP) is 6.00. The first-order valence-electron chi connectivity index (χ1n) is 15.3. The van der Waals surface area contributed by atoms with Gasteiger partial charge in [0.1, 0.15) is 17.9 Å². The summed E-state index contributed by atoms with van der Waals surface area (Å²) >= 11 is 13.4. The van der Waals surface area contributed by atoms with E-state index in [-0.39, 0.29) is 33.0 Å². The number of fused-ring (bicyclic) bond motifs is 3. The molecule has 6 rings (SSSR count). The number of rotatable bonds is 10. The number of nitrogens with zero attached hydrogens (tertiary/aromatic N) is 6. The summed E-state index contributed by atoms with van der Waals surface area (Å²) in [5, 5.41) is 11.5. The average Bonchev–Trinajstić information content (AvgIpc) is 3.57. The zero-order valence-electron chi connectivity index (χ0n) is 27.3. The smallest absolute Gasteiger partial charge is 0.306 e. The van der Waals surface area contributed by atoms with Crippen LogP contribution in [0.2, 0.25) is 10.0 Å². The first-order valence-corrected chi connectivity index (χ1v) is 17.9.